The predicted molar refractivity (Wildman–Crippen MR) is 74.3 cm³/mol. The zero-order chi connectivity index (χ0) is 14.0. The van der Waals surface area contributed by atoms with Crippen molar-refractivity contribution in [1.29, 1.82) is 5.26 Å². The molecule has 1 heterocycles. The van der Waals surface area contributed by atoms with Crippen LogP contribution < -0.4 is 0 Å². The second kappa shape index (κ2) is 5.34. The Bertz CT molecular complexity index is 437. The quantitative estimate of drug-likeness (QED) is 0.760. The van der Waals surface area contributed by atoms with E-state index >= 15 is 0 Å². The molecule has 1 saturated heterocycles. The molecule has 0 N–H and O–H groups in total. The highest BCUT2D eigenvalue weighted by molar-refractivity contribution is 6.01. The van der Waals surface area contributed by atoms with E-state index in [1.807, 2.05) is 0 Å². The molecule has 2 aliphatic rings. The Morgan fingerprint density at radius 3 is 2.37 bits per heavy atom. The molecule has 1 aliphatic carbocycles. The van der Waals surface area contributed by atoms with Crippen LogP contribution in [0.25, 0.3) is 0 Å². The molecule has 0 unspecified atom stereocenters. The lowest BCUT2D eigenvalue weighted by Crippen LogP contribution is -2.47. The molecular formula is C15H23N3O. The van der Waals surface area contributed by atoms with E-state index in [2.05, 4.69) is 36.6 Å². The minimum Gasteiger partial charge on any atom is -0.371 e. The van der Waals surface area contributed by atoms with Crippen LogP contribution in [0.15, 0.2) is 11.3 Å². The fourth-order valence-electron chi connectivity index (χ4n) is 3.02. The third-order valence-electron chi connectivity index (χ3n) is 4.17. The van der Waals surface area contributed by atoms with E-state index in [0.29, 0.717) is 12.0 Å². The molecule has 1 fully saturated rings. The lowest BCUT2D eigenvalue weighted by Gasteiger charge is -2.41. The highest BCUT2D eigenvalue weighted by Gasteiger charge is 2.35. The molecule has 2 rings (SSSR count). The van der Waals surface area contributed by atoms with Crippen LogP contribution >= 0.6 is 0 Å². The van der Waals surface area contributed by atoms with Gasteiger partial charge < -0.3 is 9.80 Å². The van der Waals surface area contributed by atoms with Gasteiger partial charge >= 0.3 is 0 Å². The maximum absolute atomic E-state index is 12.1. The first-order valence-corrected chi connectivity index (χ1v) is 7.10. The van der Waals surface area contributed by atoms with Crippen molar-refractivity contribution >= 4 is 5.78 Å². The van der Waals surface area contributed by atoms with Gasteiger partial charge in [0.1, 0.15) is 11.6 Å². The van der Waals surface area contributed by atoms with E-state index in [9.17, 15) is 10.1 Å². The van der Waals surface area contributed by atoms with Gasteiger partial charge in [-0.2, -0.15) is 5.26 Å². The van der Waals surface area contributed by atoms with Gasteiger partial charge in [0.05, 0.1) is 0 Å². The molecule has 0 saturated carbocycles. The average molecular weight is 261 g/mol. The predicted octanol–water partition coefficient (Wildman–Crippen LogP) is 1.79. The molecule has 0 radical (unpaired) electrons. The standard InChI is InChI=1S/C15H23N3O/c1-4-17-5-7-18(8-6-17)13-9-15(2,3)10-14(19)12(13)11-16/h4-10H2,1-3H3. The van der Waals surface area contributed by atoms with E-state index in [1.165, 1.54) is 0 Å². The highest BCUT2D eigenvalue weighted by atomic mass is 16.1. The van der Waals surface area contributed by atoms with Gasteiger partial charge in [-0.1, -0.05) is 20.8 Å². The fraction of sp³-hybridized carbons (Fsp3) is 0.733. The van der Waals surface area contributed by atoms with Crippen LogP contribution in [0.3, 0.4) is 0 Å². The second-order valence-electron chi connectivity index (χ2n) is 6.30. The van der Waals surface area contributed by atoms with Crippen LogP contribution in [-0.2, 0) is 4.79 Å². The molecule has 0 bridgehead atoms. The maximum Gasteiger partial charge on any atom is 0.175 e. The molecular weight excluding hydrogens is 238 g/mol. The van der Waals surface area contributed by atoms with Crippen molar-refractivity contribution in [2.75, 3.05) is 32.7 Å². The molecule has 104 valence electrons. The summed E-state index contributed by atoms with van der Waals surface area (Å²) in [4.78, 5) is 16.8. The summed E-state index contributed by atoms with van der Waals surface area (Å²) in [7, 11) is 0. The van der Waals surface area contributed by atoms with Crippen LogP contribution in [0.4, 0.5) is 0 Å². The summed E-state index contributed by atoms with van der Waals surface area (Å²) in [6.45, 7) is 11.4. The minimum atomic E-state index is -0.0192. The summed E-state index contributed by atoms with van der Waals surface area (Å²) in [5.41, 5.74) is 1.37. The normalized spacial score (nSPS) is 24.5. The number of likely N-dealkylation sites (N-methyl/N-ethyl adjacent to an activating group) is 1. The van der Waals surface area contributed by atoms with Gasteiger partial charge in [0, 0.05) is 38.3 Å². The lowest BCUT2D eigenvalue weighted by atomic mass is 9.75. The molecule has 0 aromatic heterocycles. The van der Waals surface area contributed by atoms with E-state index in [-0.39, 0.29) is 11.2 Å². The Morgan fingerprint density at radius 2 is 1.84 bits per heavy atom. The number of hydrogen-bond acceptors (Lipinski definition) is 4. The summed E-state index contributed by atoms with van der Waals surface area (Å²) in [5, 5.41) is 9.27. The number of allylic oxidation sites excluding steroid dienone is 2. The Hall–Kier alpha value is -1.34. The summed E-state index contributed by atoms with van der Waals surface area (Å²) in [5.74, 6) is 0.0201. The third-order valence-corrected chi connectivity index (χ3v) is 4.17. The molecule has 4 heteroatoms. The van der Waals surface area contributed by atoms with Crippen molar-refractivity contribution in [3.63, 3.8) is 0 Å². The van der Waals surface area contributed by atoms with Gasteiger partial charge in [0.15, 0.2) is 5.78 Å². The number of nitrogens with zero attached hydrogens (tertiary/aromatic N) is 3. The van der Waals surface area contributed by atoms with Gasteiger partial charge in [-0.05, 0) is 18.4 Å². The topological polar surface area (TPSA) is 47.3 Å². The van der Waals surface area contributed by atoms with E-state index < -0.39 is 0 Å². The first kappa shape index (κ1) is 14.1. The van der Waals surface area contributed by atoms with Crippen molar-refractivity contribution in [1.82, 2.24) is 9.80 Å². The summed E-state index contributed by atoms with van der Waals surface area (Å²) in [6, 6.07) is 2.14. The number of hydrogen-bond donors (Lipinski definition) is 0. The maximum atomic E-state index is 12.1. The largest absolute Gasteiger partial charge is 0.371 e. The van der Waals surface area contributed by atoms with Crippen LogP contribution in [0.1, 0.15) is 33.6 Å². The van der Waals surface area contributed by atoms with E-state index in [4.69, 9.17) is 0 Å². The fourth-order valence-corrected chi connectivity index (χ4v) is 3.02. The van der Waals surface area contributed by atoms with Crippen molar-refractivity contribution in [2.24, 2.45) is 5.41 Å². The zero-order valence-electron chi connectivity index (χ0n) is 12.2. The summed E-state index contributed by atoms with van der Waals surface area (Å²) < 4.78 is 0. The lowest BCUT2D eigenvalue weighted by molar-refractivity contribution is -0.118. The van der Waals surface area contributed by atoms with Crippen LogP contribution in [0, 0.1) is 16.7 Å². The first-order valence-electron chi connectivity index (χ1n) is 7.10. The molecule has 0 atom stereocenters. The molecule has 19 heavy (non-hydrogen) atoms. The minimum absolute atomic E-state index is 0.0192. The van der Waals surface area contributed by atoms with Gasteiger partial charge in [0.2, 0.25) is 0 Å². The van der Waals surface area contributed by atoms with Crippen molar-refractivity contribution in [3.8, 4) is 6.07 Å². The van der Waals surface area contributed by atoms with E-state index in [0.717, 1.165) is 44.8 Å². The SMILES string of the molecule is CCN1CCN(C2=C(C#N)C(=O)CC(C)(C)C2)CC1. The van der Waals surface area contributed by atoms with Gasteiger partial charge in [-0.3, -0.25) is 4.79 Å². The van der Waals surface area contributed by atoms with E-state index in [1.54, 1.807) is 0 Å². The van der Waals surface area contributed by atoms with Gasteiger partial charge in [-0.15, -0.1) is 0 Å². The summed E-state index contributed by atoms with van der Waals surface area (Å²) in [6.07, 6.45) is 1.34. The number of carbonyl (C=O) groups excluding carboxylic acids is 1. The smallest absolute Gasteiger partial charge is 0.175 e. The van der Waals surface area contributed by atoms with Gasteiger partial charge in [-0.25, -0.2) is 0 Å². The van der Waals surface area contributed by atoms with Crippen LogP contribution in [-0.4, -0.2) is 48.3 Å². The van der Waals surface area contributed by atoms with Crippen LogP contribution in [0.2, 0.25) is 0 Å². The van der Waals surface area contributed by atoms with Crippen molar-refractivity contribution < 1.29 is 4.79 Å². The Balaban J connectivity index is 2.21. The average Bonchev–Trinajstić information content (AvgIpc) is 2.37. The number of rotatable bonds is 2. The Morgan fingerprint density at radius 1 is 1.21 bits per heavy atom. The van der Waals surface area contributed by atoms with Crippen molar-refractivity contribution in [3.05, 3.63) is 11.3 Å². The van der Waals surface area contributed by atoms with Crippen LogP contribution in [0.5, 0.6) is 0 Å². The number of nitriles is 1. The Labute approximate surface area is 115 Å². The molecule has 0 amide bonds. The van der Waals surface area contributed by atoms with Gasteiger partial charge in [0.25, 0.3) is 0 Å². The number of Topliss-reactive ketones (excluding diaryl/α,β-unsaturated/α-hetero) is 1. The number of piperazine rings is 1. The molecule has 4 nitrogen and oxygen atoms in total. The number of carbonyl (C=O) groups is 1. The summed E-state index contributed by atoms with van der Waals surface area (Å²) >= 11 is 0. The molecule has 0 spiro atoms. The first-order chi connectivity index (χ1) is 8.96. The highest BCUT2D eigenvalue weighted by Crippen LogP contribution is 2.38. The Kier molecular flexibility index (Phi) is 3.96. The molecule has 0 aromatic rings. The molecule has 1 aliphatic heterocycles. The molecule has 0 aromatic carbocycles. The monoisotopic (exact) mass is 261 g/mol. The second-order valence-corrected chi connectivity index (χ2v) is 6.30. The zero-order valence-corrected chi connectivity index (χ0v) is 12.2. The number of ketones is 1. The third kappa shape index (κ3) is 2.98. The van der Waals surface area contributed by atoms with Crippen molar-refractivity contribution in [2.45, 2.75) is 33.6 Å².